The Kier molecular flexibility index (Phi) is 13.9. The number of hydrogen-bond donors (Lipinski definition) is 2. The quantitative estimate of drug-likeness (QED) is 0.324. The van der Waals surface area contributed by atoms with Crippen LogP contribution in [0.2, 0.25) is 0 Å². The molecule has 2 N–H and O–H groups in total. The van der Waals surface area contributed by atoms with E-state index in [-0.39, 0.29) is 0 Å². The molecule has 1 aromatic rings. The molecule has 0 bridgehead atoms. The van der Waals surface area contributed by atoms with Crippen molar-refractivity contribution in [3.8, 4) is 0 Å². The second-order valence-electron chi connectivity index (χ2n) is 6.72. The first-order valence-electron chi connectivity index (χ1n) is 11.0. The van der Waals surface area contributed by atoms with Crippen molar-refractivity contribution in [1.29, 1.82) is 0 Å². The Bertz CT molecular complexity index is 718. The fourth-order valence-corrected chi connectivity index (χ4v) is 3.02. The van der Waals surface area contributed by atoms with Gasteiger partial charge in [0.2, 0.25) is 0 Å². The average Bonchev–Trinajstić information content (AvgIpc) is 2.78. The van der Waals surface area contributed by atoms with Gasteiger partial charge in [0.15, 0.2) is 0 Å². The summed E-state index contributed by atoms with van der Waals surface area (Å²) >= 11 is 0. The molecular formula is C24H36N2O6. The molecule has 0 spiro atoms. The Balaban J connectivity index is 3.17. The number of benzene rings is 1. The molecule has 0 aromatic heterocycles. The molecule has 178 valence electrons. The van der Waals surface area contributed by atoms with Crippen molar-refractivity contribution in [2.75, 3.05) is 26.4 Å². The SMILES string of the molecule is C/C=C/OCCc1cc(CNC(=O)OCC)c(CCO/C=C/C)c(CNC(=O)OCC)c1. The summed E-state index contributed by atoms with van der Waals surface area (Å²) in [4.78, 5) is 23.7. The smallest absolute Gasteiger partial charge is 0.407 e. The molecule has 1 rings (SSSR count). The van der Waals surface area contributed by atoms with Crippen molar-refractivity contribution in [2.45, 2.75) is 53.6 Å². The van der Waals surface area contributed by atoms with Crippen LogP contribution in [0.5, 0.6) is 0 Å². The number of nitrogens with one attached hydrogen (secondary N) is 2. The molecular weight excluding hydrogens is 412 g/mol. The van der Waals surface area contributed by atoms with Gasteiger partial charge in [-0.1, -0.05) is 24.3 Å². The molecule has 8 nitrogen and oxygen atoms in total. The van der Waals surface area contributed by atoms with E-state index >= 15 is 0 Å². The topological polar surface area (TPSA) is 95.1 Å². The molecule has 0 aliphatic rings. The minimum atomic E-state index is -0.475. The predicted molar refractivity (Wildman–Crippen MR) is 123 cm³/mol. The standard InChI is InChI=1S/C24H36N2O6/c1-5-11-29-13-9-19-15-20(17-25-23(27)31-7-3)22(10-14-30-12-6-2)21(16-19)18-26-24(28)32-8-4/h5-6,11-12,15-16H,7-10,13-14,17-18H2,1-4H3,(H,25,27)(H,26,28)/b11-5+,12-6+. The molecule has 0 fully saturated rings. The van der Waals surface area contributed by atoms with E-state index < -0.39 is 12.2 Å². The Labute approximate surface area is 190 Å². The van der Waals surface area contributed by atoms with E-state index in [1.807, 2.05) is 38.1 Å². The van der Waals surface area contributed by atoms with Crippen LogP contribution in [0.1, 0.15) is 49.9 Å². The van der Waals surface area contributed by atoms with Crippen molar-refractivity contribution in [2.24, 2.45) is 0 Å². The van der Waals surface area contributed by atoms with Gasteiger partial charge in [0.1, 0.15) is 0 Å². The van der Waals surface area contributed by atoms with Crippen molar-refractivity contribution in [1.82, 2.24) is 10.6 Å². The second kappa shape index (κ2) is 16.5. The van der Waals surface area contributed by atoms with Gasteiger partial charge < -0.3 is 29.6 Å². The number of amides is 2. The lowest BCUT2D eigenvalue weighted by Crippen LogP contribution is -2.27. The second-order valence-corrected chi connectivity index (χ2v) is 6.72. The van der Waals surface area contributed by atoms with Gasteiger partial charge in [0, 0.05) is 25.9 Å². The number of allylic oxidation sites excluding steroid dienone is 2. The lowest BCUT2D eigenvalue weighted by atomic mass is 9.94. The fraction of sp³-hybridized carbons (Fsp3) is 0.500. The molecule has 0 atom stereocenters. The van der Waals surface area contributed by atoms with E-state index in [2.05, 4.69) is 10.6 Å². The van der Waals surface area contributed by atoms with Crippen molar-refractivity contribution >= 4 is 12.2 Å². The first-order chi connectivity index (χ1) is 15.5. The van der Waals surface area contributed by atoms with E-state index in [0.29, 0.717) is 52.4 Å². The van der Waals surface area contributed by atoms with Crippen LogP contribution in [-0.2, 0) is 44.9 Å². The van der Waals surface area contributed by atoms with Gasteiger partial charge in [0.05, 0.1) is 39.0 Å². The highest BCUT2D eigenvalue weighted by Gasteiger charge is 2.14. The number of ether oxygens (including phenoxy) is 4. The van der Waals surface area contributed by atoms with E-state index in [1.54, 1.807) is 26.4 Å². The third-order valence-electron chi connectivity index (χ3n) is 4.33. The molecule has 0 unspecified atom stereocenters. The maximum atomic E-state index is 11.9. The number of alkyl carbamates (subject to hydrolysis) is 2. The Hall–Kier alpha value is -3.16. The zero-order chi connectivity index (χ0) is 23.6. The fourth-order valence-electron chi connectivity index (χ4n) is 3.02. The number of hydrogen-bond acceptors (Lipinski definition) is 6. The summed E-state index contributed by atoms with van der Waals surface area (Å²) in [6.07, 6.45) is 7.28. The number of carbonyl (C=O) groups is 2. The van der Waals surface area contributed by atoms with E-state index in [9.17, 15) is 9.59 Å². The van der Waals surface area contributed by atoms with Crippen LogP contribution < -0.4 is 10.6 Å². The van der Waals surface area contributed by atoms with Crippen LogP contribution >= 0.6 is 0 Å². The third kappa shape index (κ3) is 10.7. The number of carbonyl (C=O) groups excluding carboxylic acids is 2. The summed E-state index contributed by atoms with van der Waals surface area (Å²) in [7, 11) is 0. The normalized spacial score (nSPS) is 10.9. The van der Waals surface area contributed by atoms with Crippen molar-refractivity contribution in [3.63, 3.8) is 0 Å². The maximum absolute atomic E-state index is 11.9. The first kappa shape index (κ1) is 26.9. The Morgan fingerprint density at radius 3 is 1.72 bits per heavy atom. The van der Waals surface area contributed by atoms with Crippen LogP contribution in [0, 0.1) is 0 Å². The van der Waals surface area contributed by atoms with Gasteiger partial charge in [-0.15, -0.1) is 0 Å². The molecule has 0 saturated heterocycles. The molecule has 1 aromatic carbocycles. The zero-order valence-corrected chi connectivity index (χ0v) is 19.6. The summed E-state index contributed by atoms with van der Waals surface area (Å²) < 4.78 is 21.0. The Morgan fingerprint density at radius 2 is 1.28 bits per heavy atom. The largest absolute Gasteiger partial charge is 0.501 e. The van der Waals surface area contributed by atoms with Crippen LogP contribution in [0.3, 0.4) is 0 Å². The average molecular weight is 449 g/mol. The maximum Gasteiger partial charge on any atom is 0.407 e. The van der Waals surface area contributed by atoms with E-state index in [0.717, 1.165) is 22.3 Å². The Morgan fingerprint density at radius 1 is 0.812 bits per heavy atom. The molecule has 0 radical (unpaired) electrons. The third-order valence-corrected chi connectivity index (χ3v) is 4.33. The molecule has 0 aliphatic heterocycles. The zero-order valence-electron chi connectivity index (χ0n) is 19.6. The lowest BCUT2D eigenvalue weighted by Gasteiger charge is -2.18. The summed E-state index contributed by atoms with van der Waals surface area (Å²) in [6, 6.07) is 4.09. The van der Waals surface area contributed by atoms with Crippen LogP contribution in [0.15, 0.2) is 36.8 Å². The van der Waals surface area contributed by atoms with E-state index in [1.165, 1.54) is 0 Å². The van der Waals surface area contributed by atoms with E-state index in [4.69, 9.17) is 18.9 Å². The molecule has 2 amide bonds. The summed E-state index contributed by atoms with van der Waals surface area (Å²) in [5.41, 5.74) is 3.91. The molecule has 0 heterocycles. The van der Waals surface area contributed by atoms with Crippen LogP contribution in [-0.4, -0.2) is 38.6 Å². The summed E-state index contributed by atoms with van der Waals surface area (Å²) in [6.45, 7) is 9.47. The monoisotopic (exact) mass is 448 g/mol. The molecule has 8 heteroatoms. The summed E-state index contributed by atoms with van der Waals surface area (Å²) in [5, 5.41) is 5.57. The van der Waals surface area contributed by atoms with Crippen LogP contribution in [0.4, 0.5) is 9.59 Å². The van der Waals surface area contributed by atoms with Gasteiger partial charge in [0.25, 0.3) is 0 Å². The van der Waals surface area contributed by atoms with Crippen molar-refractivity contribution < 1.29 is 28.5 Å². The van der Waals surface area contributed by atoms with Gasteiger partial charge >= 0.3 is 12.2 Å². The highest BCUT2D eigenvalue weighted by atomic mass is 16.6. The number of rotatable bonds is 14. The van der Waals surface area contributed by atoms with Crippen molar-refractivity contribution in [3.05, 3.63) is 59.1 Å². The minimum absolute atomic E-state index is 0.299. The molecule has 0 aliphatic carbocycles. The molecule has 0 saturated carbocycles. The highest BCUT2D eigenvalue weighted by molar-refractivity contribution is 5.68. The van der Waals surface area contributed by atoms with Gasteiger partial charge in [-0.2, -0.15) is 0 Å². The highest BCUT2D eigenvalue weighted by Crippen LogP contribution is 2.21. The van der Waals surface area contributed by atoms with Crippen LogP contribution in [0.25, 0.3) is 0 Å². The minimum Gasteiger partial charge on any atom is -0.501 e. The molecule has 32 heavy (non-hydrogen) atoms. The summed E-state index contributed by atoms with van der Waals surface area (Å²) in [5.74, 6) is 0. The predicted octanol–water partition coefficient (Wildman–Crippen LogP) is 4.36. The lowest BCUT2D eigenvalue weighted by molar-refractivity contribution is 0.151. The first-order valence-corrected chi connectivity index (χ1v) is 11.0. The van der Waals surface area contributed by atoms with Gasteiger partial charge in [-0.05, 0) is 49.9 Å². The van der Waals surface area contributed by atoms with Gasteiger partial charge in [-0.25, -0.2) is 9.59 Å². The van der Waals surface area contributed by atoms with Gasteiger partial charge in [-0.3, -0.25) is 0 Å².